The predicted molar refractivity (Wildman–Crippen MR) is 118 cm³/mol. The number of amides is 4. The average Bonchev–Trinajstić information content (AvgIpc) is 3.30. The molecule has 1 aliphatic carbocycles. The summed E-state index contributed by atoms with van der Waals surface area (Å²) in [5.74, 6) is 0. The van der Waals surface area contributed by atoms with Crippen LogP contribution in [0.25, 0.3) is 5.69 Å². The molecule has 1 aromatic carbocycles. The summed E-state index contributed by atoms with van der Waals surface area (Å²) in [6.45, 7) is 1.27. The Kier molecular flexibility index (Phi) is 6.57. The summed E-state index contributed by atoms with van der Waals surface area (Å²) in [7, 11) is 0. The largest absolute Gasteiger partial charge is 0.335 e. The molecule has 160 valence electrons. The van der Waals surface area contributed by atoms with Crippen LogP contribution in [0.5, 0.6) is 0 Å². The molecule has 3 N–H and O–H groups in total. The number of carbonyl (C=O) groups excluding carboxylic acids is 2. The lowest BCUT2D eigenvalue weighted by atomic mass is 9.96. The molecule has 4 rings (SSSR count). The molecule has 0 unspecified atom stereocenters. The molecule has 7 nitrogen and oxygen atoms in total. The van der Waals surface area contributed by atoms with Crippen molar-refractivity contribution in [3.8, 4) is 5.69 Å². The van der Waals surface area contributed by atoms with Gasteiger partial charge in [-0.25, -0.2) is 9.59 Å². The molecular weight excluding hydrogens is 378 g/mol. The highest BCUT2D eigenvalue weighted by molar-refractivity contribution is 5.89. The molecule has 1 aliphatic heterocycles. The molecule has 4 amide bonds. The van der Waals surface area contributed by atoms with Gasteiger partial charge in [-0.1, -0.05) is 25.3 Å². The first-order chi connectivity index (χ1) is 14.7. The van der Waals surface area contributed by atoms with Crippen molar-refractivity contribution >= 4 is 17.7 Å². The van der Waals surface area contributed by atoms with Crippen molar-refractivity contribution in [2.45, 2.75) is 57.0 Å². The van der Waals surface area contributed by atoms with Crippen LogP contribution in [-0.4, -0.2) is 46.7 Å². The van der Waals surface area contributed by atoms with Crippen molar-refractivity contribution in [2.24, 2.45) is 0 Å². The lowest BCUT2D eigenvalue weighted by Crippen LogP contribution is -2.51. The standard InChI is InChI=1S/C23H31N5O2/c29-22(24-18-7-2-1-3-8-18)25-19-11-15-28(16-12-19)23(30)26-20-9-6-10-21(17-20)27-13-4-5-14-27/h4-6,9-10,13-14,17-19H,1-3,7-8,11-12,15-16H2,(H,26,30)(H2,24,25,29). The van der Waals surface area contributed by atoms with Crippen molar-refractivity contribution < 1.29 is 9.59 Å². The van der Waals surface area contributed by atoms with Crippen LogP contribution in [-0.2, 0) is 0 Å². The first-order valence-corrected chi connectivity index (χ1v) is 11.0. The van der Waals surface area contributed by atoms with Crippen LogP contribution in [0.1, 0.15) is 44.9 Å². The van der Waals surface area contributed by atoms with Gasteiger partial charge in [-0.3, -0.25) is 0 Å². The minimum Gasteiger partial charge on any atom is -0.335 e. The van der Waals surface area contributed by atoms with Gasteiger partial charge in [0.2, 0.25) is 0 Å². The maximum absolute atomic E-state index is 12.7. The number of hydrogen-bond donors (Lipinski definition) is 3. The summed E-state index contributed by atoms with van der Waals surface area (Å²) in [6, 6.07) is 12.0. The molecule has 2 fully saturated rings. The Balaban J connectivity index is 1.22. The summed E-state index contributed by atoms with van der Waals surface area (Å²) in [5.41, 5.74) is 1.78. The number of carbonyl (C=O) groups is 2. The van der Waals surface area contributed by atoms with Crippen molar-refractivity contribution in [3.63, 3.8) is 0 Å². The van der Waals surface area contributed by atoms with E-state index >= 15 is 0 Å². The number of piperidine rings is 1. The third-order valence-corrected chi connectivity index (χ3v) is 6.06. The number of urea groups is 2. The van der Waals surface area contributed by atoms with Crippen LogP contribution in [0.15, 0.2) is 48.8 Å². The maximum Gasteiger partial charge on any atom is 0.321 e. The van der Waals surface area contributed by atoms with Gasteiger partial charge < -0.3 is 25.4 Å². The number of nitrogens with one attached hydrogen (secondary N) is 3. The molecule has 1 saturated carbocycles. The van der Waals surface area contributed by atoms with Crippen LogP contribution in [0.4, 0.5) is 15.3 Å². The van der Waals surface area contributed by atoms with Crippen LogP contribution < -0.4 is 16.0 Å². The van der Waals surface area contributed by atoms with Crippen LogP contribution in [0, 0.1) is 0 Å². The highest BCUT2D eigenvalue weighted by Crippen LogP contribution is 2.19. The summed E-state index contributed by atoms with van der Waals surface area (Å²) in [6.07, 6.45) is 11.3. The van der Waals surface area contributed by atoms with E-state index in [1.165, 1.54) is 19.3 Å². The number of likely N-dealkylation sites (tertiary alicyclic amines) is 1. The molecule has 0 bridgehead atoms. The summed E-state index contributed by atoms with van der Waals surface area (Å²) < 4.78 is 2.01. The second kappa shape index (κ2) is 9.69. The number of nitrogens with zero attached hydrogens (tertiary/aromatic N) is 2. The zero-order valence-corrected chi connectivity index (χ0v) is 17.3. The van der Waals surface area contributed by atoms with Crippen LogP contribution >= 0.6 is 0 Å². The number of rotatable bonds is 4. The van der Waals surface area contributed by atoms with Gasteiger partial charge >= 0.3 is 12.1 Å². The first kappa shape index (κ1) is 20.3. The fourth-order valence-electron chi connectivity index (χ4n) is 4.34. The Hall–Kier alpha value is -2.96. The maximum atomic E-state index is 12.7. The number of aromatic nitrogens is 1. The molecule has 0 radical (unpaired) electrons. The Bertz CT molecular complexity index is 837. The molecule has 7 heteroatoms. The van der Waals surface area contributed by atoms with Crippen LogP contribution in [0.2, 0.25) is 0 Å². The number of benzene rings is 1. The van der Waals surface area contributed by atoms with Gasteiger partial charge in [0.25, 0.3) is 0 Å². The van der Waals surface area contributed by atoms with E-state index in [0.717, 1.165) is 37.1 Å². The molecule has 0 spiro atoms. The van der Waals surface area contributed by atoms with Crippen molar-refractivity contribution in [1.29, 1.82) is 0 Å². The monoisotopic (exact) mass is 409 g/mol. The minimum atomic E-state index is -0.0928. The summed E-state index contributed by atoms with van der Waals surface area (Å²) in [4.78, 5) is 26.7. The molecule has 2 heterocycles. The van der Waals surface area contributed by atoms with E-state index in [4.69, 9.17) is 0 Å². The van der Waals surface area contributed by atoms with Crippen LogP contribution in [0.3, 0.4) is 0 Å². The number of anilines is 1. The van der Waals surface area contributed by atoms with E-state index in [2.05, 4.69) is 16.0 Å². The third-order valence-electron chi connectivity index (χ3n) is 6.06. The molecular formula is C23H31N5O2. The second-order valence-electron chi connectivity index (χ2n) is 8.28. The van der Waals surface area contributed by atoms with E-state index in [1.54, 1.807) is 0 Å². The Morgan fingerprint density at radius 3 is 2.20 bits per heavy atom. The third kappa shape index (κ3) is 5.34. The normalized spacial score (nSPS) is 18.1. The van der Waals surface area contributed by atoms with Gasteiger partial charge in [0.1, 0.15) is 0 Å². The van der Waals surface area contributed by atoms with Gasteiger partial charge in [-0.05, 0) is 56.0 Å². The Labute approximate surface area is 177 Å². The number of hydrogen-bond acceptors (Lipinski definition) is 2. The summed E-state index contributed by atoms with van der Waals surface area (Å²) in [5, 5.41) is 9.19. The van der Waals surface area contributed by atoms with Gasteiger partial charge in [0, 0.05) is 48.9 Å². The van der Waals surface area contributed by atoms with Gasteiger partial charge in [0.05, 0.1) is 0 Å². The second-order valence-corrected chi connectivity index (χ2v) is 8.28. The van der Waals surface area contributed by atoms with E-state index in [-0.39, 0.29) is 18.1 Å². The quantitative estimate of drug-likeness (QED) is 0.711. The zero-order valence-electron chi connectivity index (χ0n) is 17.3. The van der Waals surface area contributed by atoms with Gasteiger partial charge in [-0.2, -0.15) is 0 Å². The topological polar surface area (TPSA) is 78.4 Å². The van der Waals surface area contributed by atoms with E-state index in [1.807, 2.05) is 58.3 Å². The fourth-order valence-corrected chi connectivity index (χ4v) is 4.34. The van der Waals surface area contributed by atoms with E-state index < -0.39 is 0 Å². The summed E-state index contributed by atoms with van der Waals surface area (Å²) >= 11 is 0. The molecule has 0 atom stereocenters. The Morgan fingerprint density at radius 2 is 1.50 bits per heavy atom. The highest BCUT2D eigenvalue weighted by atomic mass is 16.2. The smallest absolute Gasteiger partial charge is 0.321 e. The van der Waals surface area contributed by atoms with E-state index in [9.17, 15) is 9.59 Å². The first-order valence-electron chi connectivity index (χ1n) is 11.0. The highest BCUT2D eigenvalue weighted by Gasteiger charge is 2.25. The lowest BCUT2D eigenvalue weighted by molar-refractivity contribution is 0.186. The SMILES string of the molecule is O=C(NC1CCCCC1)NC1CCN(C(=O)Nc2cccc(-n3cccc3)c2)CC1. The average molecular weight is 410 g/mol. The minimum absolute atomic E-state index is 0.0633. The Morgan fingerprint density at radius 1 is 0.833 bits per heavy atom. The fraction of sp³-hybridized carbons (Fsp3) is 0.478. The lowest BCUT2D eigenvalue weighted by Gasteiger charge is -2.33. The molecule has 1 saturated heterocycles. The zero-order chi connectivity index (χ0) is 20.8. The van der Waals surface area contributed by atoms with E-state index in [0.29, 0.717) is 19.1 Å². The molecule has 2 aromatic rings. The molecule has 30 heavy (non-hydrogen) atoms. The van der Waals surface area contributed by atoms with Gasteiger partial charge in [-0.15, -0.1) is 0 Å². The van der Waals surface area contributed by atoms with Gasteiger partial charge in [0.15, 0.2) is 0 Å². The van der Waals surface area contributed by atoms with Crippen molar-refractivity contribution in [3.05, 3.63) is 48.8 Å². The predicted octanol–water partition coefficient (Wildman–Crippen LogP) is 4.11. The van der Waals surface area contributed by atoms with Crippen molar-refractivity contribution in [2.75, 3.05) is 18.4 Å². The molecule has 1 aromatic heterocycles. The van der Waals surface area contributed by atoms with Crippen molar-refractivity contribution in [1.82, 2.24) is 20.1 Å². The molecule has 2 aliphatic rings.